The summed E-state index contributed by atoms with van der Waals surface area (Å²) in [5.41, 5.74) is 0.902. The highest BCUT2D eigenvalue weighted by molar-refractivity contribution is 6.74. The summed E-state index contributed by atoms with van der Waals surface area (Å²) >= 11 is 0. The molecule has 3 rings (SSSR count). The Kier molecular flexibility index (Phi) is 7.65. The number of carbonyl (C=O) groups is 3. The van der Waals surface area contributed by atoms with E-state index in [0.717, 1.165) is 24.8 Å². The summed E-state index contributed by atoms with van der Waals surface area (Å²) in [6, 6.07) is 0. The first kappa shape index (κ1) is 27.8. The van der Waals surface area contributed by atoms with E-state index in [9.17, 15) is 14.4 Å². The lowest BCUT2D eigenvalue weighted by Crippen LogP contribution is -2.56. The molecule has 1 aliphatic heterocycles. The molecule has 196 valence electrons. The number of allylic oxidation sites excluding steroid dienone is 2. The third-order valence-electron chi connectivity index (χ3n) is 9.48. The fourth-order valence-electron chi connectivity index (χ4n) is 6.21. The van der Waals surface area contributed by atoms with Crippen LogP contribution in [0.2, 0.25) is 18.1 Å². The van der Waals surface area contributed by atoms with Gasteiger partial charge in [-0.2, -0.15) is 0 Å². The topological polar surface area (TPSA) is 78.9 Å². The van der Waals surface area contributed by atoms with Crippen LogP contribution in [-0.4, -0.2) is 45.4 Å². The molecule has 0 aromatic carbocycles. The molecule has 0 N–H and O–H groups in total. The monoisotopic (exact) mass is 504 g/mol. The van der Waals surface area contributed by atoms with Gasteiger partial charge in [-0.3, -0.25) is 9.59 Å². The number of esters is 2. The summed E-state index contributed by atoms with van der Waals surface area (Å²) in [6.07, 6.45) is 5.24. The van der Waals surface area contributed by atoms with Crippen molar-refractivity contribution < 1.29 is 28.3 Å². The SMILES string of the molecule is C=C1CC[C@H]2[C@@](C)(CCC(=O)[C@@]2(C)COC(C)=O)[C@@H]1C/C=C1/C(=O)OC[C@@H]1O[Si](C)(C)C(C)(C)C. The van der Waals surface area contributed by atoms with Crippen LogP contribution in [0, 0.1) is 22.7 Å². The van der Waals surface area contributed by atoms with Gasteiger partial charge in [-0.05, 0) is 68.0 Å². The Bertz CT molecular complexity index is 928. The second-order valence-electron chi connectivity index (χ2n) is 12.8. The number of carbonyl (C=O) groups excluding carboxylic acids is 3. The zero-order chi connectivity index (χ0) is 26.4. The van der Waals surface area contributed by atoms with Crippen molar-refractivity contribution in [1.29, 1.82) is 0 Å². The Labute approximate surface area is 212 Å². The van der Waals surface area contributed by atoms with Gasteiger partial charge < -0.3 is 13.9 Å². The van der Waals surface area contributed by atoms with Crippen LogP contribution < -0.4 is 0 Å². The van der Waals surface area contributed by atoms with Crippen molar-refractivity contribution in [1.82, 2.24) is 0 Å². The molecule has 2 aliphatic carbocycles. The molecule has 1 heterocycles. The smallest absolute Gasteiger partial charge is 0.336 e. The summed E-state index contributed by atoms with van der Waals surface area (Å²) in [5, 5.41) is 0.0309. The molecule has 0 aromatic rings. The van der Waals surface area contributed by atoms with Crippen molar-refractivity contribution in [3.63, 3.8) is 0 Å². The van der Waals surface area contributed by atoms with E-state index in [4.69, 9.17) is 13.9 Å². The second kappa shape index (κ2) is 9.62. The summed E-state index contributed by atoms with van der Waals surface area (Å²) < 4.78 is 17.4. The van der Waals surface area contributed by atoms with Gasteiger partial charge >= 0.3 is 11.9 Å². The number of rotatable bonds is 6. The average molecular weight is 505 g/mol. The molecule has 0 unspecified atom stereocenters. The van der Waals surface area contributed by atoms with Crippen LogP contribution in [0.5, 0.6) is 0 Å². The van der Waals surface area contributed by atoms with E-state index < -0.39 is 13.7 Å². The van der Waals surface area contributed by atoms with Crippen molar-refractivity contribution in [2.75, 3.05) is 13.2 Å². The zero-order valence-corrected chi connectivity index (χ0v) is 23.9. The minimum atomic E-state index is -2.08. The molecule has 3 aliphatic rings. The Balaban J connectivity index is 1.87. The minimum absolute atomic E-state index is 0.0309. The van der Waals surface area contributed by atoms with Crippen LogP contribution in [0.1, 0.15) is 73.6 Å². The van der Waals surface area contributed by atoms with Crippen molar-refractivity contribution in [2.45, 2.75) is 97.9 Å². The van der Waals surface area contributed by atoms with Crippen LogP contribution in [0.25, 0.3) is 0 Å². The molecule has 6 nitrogen and oxygen atoms in total. The van der Waals surface area contributed by atoms with E-state index in [1.807, 2.05) is 13.0 Å². The van der Waals surface area contributed by atoms with Gasteiger partial charge in [-0.1, -0.05) is 45.9 Å². The van der Waals surface area contributed by atoms with Crippen LogP contribution in [-0.2, 0) is 28.3 Å². The lowest BCUT2D eigenvalue weighted by molar-refractivity contribution is -0.162. The first-order valence-electron chi connectivity index (χ1n) is 12.9. The number of fused-ring (bicyclic) bond motifs is 1. The summed E-state index contributed by atoms with van der Waals surface area (Å²) in [5.74, 6) is -0.275. The minimum Gasteiger partial charge on any atom is -0.465 e. The highest BCUT2D eigenvalue weighted by atomic mass is 28.4. The van der Waals surface area contributed by atoms with E-state index >= 15 is 0 Å². The standard InChI is InChI=1S/C28H44O6Si/c1-18-10-13-23-27(6,15-14-24(30)28(23,7)17-33-19(2)29)21(18)12-11-20-22(16-32-25(20)31)34-35(8,9)26(3,4)5/h11,21-23H,1,10,12-17H2,2-9H3/b20-11+/t21-,22+,23+,27+,28+/m1/s1. The van der Waals surface area contributed by atoms with Gasteiger partial charge in [0.1, 0.15) is 25.1 Å². The quantitative estimate of drug-likeness (QED) is 0.198. The maximum absolute atomic E-state index is 13.1. The molecular weight excluding hydrogens is 460 g/mol. The molecule has 0 amide bonds. The number of Topliss-reactive ketones (excluding diaryl/α,β-unsaturated/α-hetero) is 1. The fraction of sp³-hybridized carbons (Fsp3) is 0.750. The summed E-state index contributed by atoms with van der Waals surface area (Å²) in [7, 11) is -2.08. The second-order valence-corrected chi connectivity index (χ2v) is 17.5. The van der Waals surface area contributed by atoms with E-state index in [-0.39, 0.29) is 59.3 Å². The Morgan fingerprint density at radius 2 is 1.89 bits per heavy atom. The van der Waals surface area contributed by atoms with E-state index in [1.165, 1.54) is 6.92 Å². The summed E-state index contributed by atoms with van der Waals surface area (Å²) in [4.78, 5) is 37.3. The van der Waals surface area contributed by atoms with Crippen LogP contribution in [0.4, 0.5) is 0 Å². The predicted molar refractivity (Wildman–Crippen MR) is 138 cm³/mol. The Hall–Kier alpha value is -1.73. The third kappa shape index (κ3) is 5.22. The van der Waals surface area contributed by atoms with Gasteiger partial charge in [-0.15, -0.1) is 0 Å². The normalized spacial score (nSPS) is 35.1. The van der Waals surface area contributed by atoms with Crippen molar-refractivity contribution in [3.05, 3.63) is 23.8 Å². The van der Waals surface area contributed by atoms with Gasteiger partial charge in [-0.25, -0.2) is 4.79 Å². The highest BCUT2D eigenvalue weighted by Crippen LogP contribution is 2.61. The van der Waals surface area contributed by atoms with Crippen molar-refractivity contribution in [3.8, 4) is 0 Å². The Morgan fingerprint density at radius 3 is 2.49 bits per heavy atom. The van der Waals surface area contributed by atoms with E-state index in [1.54, 1.807) is 0 Å². The molecule has 0 aromatic heterocycles. The largest absolute Gasteiger partial charge is 0.465 e. The van der Waals surface area contributed by atoms with Crippen LogP contribution >= 0.6 is 0 Å². The van der Waals surface area contributed by atoms with Gasteiger partial charge in [0, 0.05) is 13.3 Å². The molecule has 2 saturated carbocycles. The van der Waals surface area contributed by atoms with E-state index in [2.05, 4.69) is 47.4 Å². The molecule has 0 radical (unpaired) electrons. The van der Waals surface area contributed by atoms with Crippen LogP contribution in [0.3, 0.4) is 0 Å². The number of ketones is 1. The number of cyclic esters (lactones) is 1. The van der Waals surface area contributed by atoms with Gasteiger partial charge in [0.25, 0.3) is 0 Å². The molecule has 1 saturated heterocycles. The first-order chi connectivity index (χ1) is 16.0. The molecule has 0 spiro atoms. The lowest BCUT2D eigenvalue weighted by Gasteiger charge is -2.57. The molecule has 3 fully saturated rings. The molecule has 35 heavy (non-hydrogen) atoms. The average Bonchev–Trinajstić information content (AvgIpc) is 3.07. The third-order valence-corrected chi connectivity index (χ3v) is 14.0. The number of hydrogen-bond acceptors (Lipinski definition) is 6. The van der Waals surface area contributed by atoms with E-state index in [0.29, 0.717) is 18.4 Å². The van der Waals surface area contributed by atoms with Gasteiger partial charge in [0.05, 0.1) is 11.0 Å². The maximum Gasteiger partial charge on any atom is 0.336 e. The van der Waals surface area contributed by atoms with Crippen molar-refractivity contribution >= 4 is 26.0 Å². The zero-order valence-electron chi connectivity index (χ0n) is 22.9. The summed E-state index contributed by atoms with van der Waals surface area (Å²) in [6.45, 7) is 21.3. The van der Waals surface area contributed by atoms with Gasteiger partial charge in [0.2, 0.25) is 0 Å². The molecule has 0 bridgehead atoms. The first-order valence-corrected chi connectivity index (χ1v) is 15.8. The fourth-order valence-corrected chi connectivity index (χ4v) is 7.47. The highest BCUT2D eigenvalue weighted by Gasteiger charge is 2.58. The van der Waals surface area contributed by atoms with Gasteiger partial charge in [0.15, 0.2) is 8.32 Å². The maximum atomic E-state index is 13.1. The number of ether oxygens (including phenoxy) is 2. The number of hydrogen-bond donors (Lipinski definition) is 0. The molecular formula is C28H44O6Si. The molecule has 7 heteroatoms. The lowest BCUT2D eigenvalue weighted by atomic mass is 9.46. The van der Waals surface area contributed by atoms with Crippen LogP contribution in [0.15, 0.2) is 23.8 Å². The predicted octanol–water partition coefficient (Wildman–Crippen LogP) is 5.77. The molecule has 5 atom stereocenters. The Morgan fingerprint density at radius 1 is 1.23 bits per heavy atom. The van der Waals surface area contributed by atoms with Crippen molar-refractivity contribution in [2.24, 2.45) is 22.7 Å².